The summed E-state index contributed by atoms with van der Waals surface area (Å²) in [6, 6.07) is 5.30. The second-order valence-electron chi connectivity index (χ2n) is 4.19. The van der Waals surface area contributed by atoms with Crippen molar-refractivity contribution in [2.24, 2.45) is 7.05 Å². The number of benzene rings is 1. The van der Waals surface area contributed by atoms with E-state index in [4.69, 9.17) is 5.26 Å². The third kappa shape index (κ3) is 2.62. The van der Waals surface area contributed by atoms with Gasteiger partial charge in [0.1, 0.15) is 17.4 Å². The lowest BCUT2D eigenvalue weighted by atomic mass is 10.2. The summed E-state index contributed by atoms with van der Waals surface area (Å²) in [7, 11) is -2.44. The Kier molecular flexibility index (Phi) is 3.46. The van der Waals surface area contributed by atoms with Crippen molar-refractivity contribution in [1.82, 2.24) is 9.78 Å². The van der Waals surface area contributed by atoms with E-state index in [1.54, 1.807) is 14.0 Å². The minimum absolute atomic E-state index is 0.0846. The summed E-state index contributed by atoms with van der Waals surface area (Å²) in [5.41, 5.74) is 0.485. The Morgan fingerprint density at radius 1 is 1.45 bits per heavy atom. The number of halogens is 1. The summed E-state index contributed by atoms with van der Waals surface area (Å²) in [6.45, 7) is 1.55. The van der Waals surface area contributed by atoms with E-state index in [-0.39, 0.29) is 16.3 Å². The molecular formula is C12H11FN4O2S. The average Bonchev–Trinajstić information content (AvgIpc) is 2.71. The van der Waals surface area contributed by atoms with Crippen molar-refractivity contribution in [3.63, 3.8) is 0 Å². The number of hydrogen-bond acceptors (Lipinski definition) is 4. The first kappa shape index (κ1) is 14.0. The Labute approximate surface area is 115 Å². The molecule has 6 nitrogen and oxygen atoms in total. The predicted molar refractivity (Wildman–Crippen MR) is 69.9 cm³/mol. The Morgan fingerprint density at radius 2 is 2.15 bits per heavy atom. The van der Waals surface area contributed by atoms with Crippen LogP contribution in [0, 0.1) is 24.1 Å². The van der Waals surface area contributed by atoms with E-state index in [9.17, 15) is 12.8 Å². The van der Waals surface area contributed by atoms with Crippen molar-refractivity contribution in [1.29, 1.82) is 5.26 Å². The number of aromatic nitrogens is 2. The van der Waals surface area contributed by atoms with Crippen LogP contribution in [-0.4, -0.2) is 18.2 Å². The van der Waals surface area contributed by atoms with Crippen LogP contribution >= 0.6 is 0 Å². The average molecular weight is 294 g/mol. The Balaban J connectivity index is 2.46. The standard InChI is InChI=1S/C12H11FN4O2S/c1-8-3-4-10(13)5-11(8)20(18,19)16-12-9(6-14)7-17(2)15-12/h3-5,7H,1-2H3,(H,15,16). The Hall–Kier alpha value is -2.40. The molecule has 0 saturated carbocycles. The molecule has 1 N–H and O–H groups in total. The summed E-state index contributed by atoms with van der Waals surface area (Å²) in [6.07, 6.45) is 1.39. The van der Waals surface area contributed by atoms with E-state index in [0.29, 0.717) is 5.56 Å². The van der Waals surface area contributed by atoms with Gasteiger partial charge in [-0.25, -0.2) is 12.8 Å². The zero-order valence-corrected chi connectivity index (χ0v) is 11.6. The van der Waals surface area contributed by atoms with Gasteiger partial charge in [-0.2, -0.15) is 10.4 Å². The summed E-state index contributed by atoms with van der Waals surface area (Å²) in [5.74, 6) is -0.740. The van der Waals surface area contributed by atoms with Crippen molar-refractivity contribution in [3.05, 3.63) is 41.3 Å². The maximum absolute atomic E-state index is 13.2. The van der Waals surface area contributed by atoms with Crippen LogP contribution in [-0.2, 0) is 17.1 Å². The van der Waals surface area contributed by atoms with Gasteiger partial charge in [0.2, 0.25) is 0 Å². The smallest absolute Gasteiger partial charge is 0.263 e. The molecule has 8 heteroatoms. The Bertz CT molecular complexity index is 805. The highest BCUT2D eigenvalue weighted by Gasteiger charge is 2.21. The summed E-state index contributed by atoms with van der Waals surface area (Å²) >= 11 is 0. The topological polar surface area (TPSA) is 87.8 Å². The summed E-state index contributed by atoms with van der Waals surface area (Å²) in [5, 5.41) is 12.8. The van der Waals surface area contributed by atoms with E-state index in [2.05, 4.69) is 9.82 Å². The van der Waals surface area contributed by atoms with Gasteiger partial charge in [0.15, 0.2) is 5.82 Å². The zero-order valence-electron chi connectivity index (χ0n) is 10.8. The Morgan fingerprint density at radius 3 is 2.80 bits per heavy atom. The maximum atomic E-state index is 13.2. The summed E-state index contributed by atoms with van der Waals surface area (Å²) < 4.78 is 41.1. The van der Waals surface area contributed by atoms with E-state index < -0.39 is 15.8 Å². The van der Waals surface area contributed by atoms with Crippen LogP contribution in [0.4, 0.5) is 10.2 Å². The molecule has 0 atom stereocenters. The molecule has 1 aromatic carbocycles. The van der Waals surface area contributed by atoms with Crippen LogP contribution in [0.15, 0.2) is 29.3 Å². The fourth-order valence-corrected chi connectivity index (χ4v) is 2.97. The molecule has 20 heavy (non-hydrogen) atoms. The molecular weight excluding hydrogens is 283 g/mol. The number of aryl methyl sites for hydroxylation is 2. The molecule has 0 fully saturated rings. The highest BCUT2D eigenvalue weighted by Crippen LogP contribution is 2.21. The first-order chi connectivity index (χ1) is 9.33. The fourth-order valence-electron chi connectivity index (χ4n) is 1.69. The molecule has 0 amide bonds. The lowest BCUT2D eigenvalue weighted by Crippen LogP contribution is -2.15. The van der Waals surface area contributed by atoms with Gasteiger partial charge in [0, 0.05) is 13.2 Å². The highest BCUT2D eigenvalue weighted by molar-refractivity contribution is 7.92. The van der Waals surface area contributed by atoms with Crippen molar-refractivity contribution >= 4 is 15.8 Å². The number of rotatable bonds is 3. The van der Waals surface area contributed by atoms with Gasteiger partial charge in [-0.05, 0) is 24.6 Å². The summed E-state index contributed by atoms with van der Waals surface area (Å²) in [4.78, 5) is -0.188. The molecule has 0 aliphatic heterocycles. The molecule has 2 rings (SSSR count). The molecule has 1 heterocycles. The van der Waals surface area contributed by atoms with Gasteiger partial charge in [0.05, 0.1) is 4.90 Å². The van der Waals surface area contributed by atoms with E-state index in [0.717, 1.165) is 6.07 Å². The molecule has 1 aromatic heterocycles. The third-order valence-electron chi connectivity index (χ3n) is 2.62. The largest absolute Gasteiger partial charge is 0.272 e. The molecule has 0 aliphatic rings. The first-order valence-corrected chi connectivity index (χ1v) is 7.04. The predicted octanol–water partition coefficient (Wildman–Crippen LogP) is 1.54. The number of nitriles is 1. The molecule has 0 unspecified atom stereocenters. The van der Waals surface area contributed by atoms with E-state index >= 15 is 0 Å². The number of nitrogens with one attached hydrogen (secondary N) is 1. The van der Waals surface area contributed by atoms with Crippen LogP contribution in [0.2, 0.25) is 0 Å². The van der Waals surface area contributed by atoms with Gasteiger partial charge < -0.3 is 0 Å². The fraction of sp³-hybridized carbons (Fsp3) is 0.167. The van der Waals surface area contributed by atoms with Crippen molar-refractivity contribution < 1.29 is 12.8 Å². The molecule has 0 aliphatic carbocycles. The van der Waals surface area contributed by atoms with Crippen LogP contribution in [0.1, 0.15) is 11.1 Å². The minimum Gasteiger partial charge on any atom is -0.272 e. The van der Waals surface area contributed by atoms with Gasteiger partial charge in [-0.3, -0.25) is 9.40 Å². The number of anilines is 1. The normalized spacial score (nSPS) is 11.1. The van der Waals surface area contributed by atoms with Crippen molar-refractivity contribution in [2.75, 3.05) is 4.72 Å². The van der Waals surface area contributed by atoms with Gasteiger partial charge >= 0.3 is 0 Å². The molecule has 0 radical (unpaired) electrons. The minimum atomic E-state index is -4.00. The SMILES string of the molecule is Cc1ccc(F)cc1S(=O)(=O)Nc1nn(C)cc1C#N. The lowest BCUT2D eigenvalue weighted by Gasteiger charge is -2.08. The molecule has 0 spiro atoms. The van der Waals surface area contributed by atoms with Crippen LogP contribution in [0.25, 0.3) is 0 Å². The van der Waals surface area contributed by atoms with Crippen molar-refractivity contribution in [2.45, 2.75) is 11.8 Å². The van der Waals surface area contributed by atoms with E-state index in [1.165, 1.54) is 23.0 Å². The quantitative estimate of drug-likeness (QED) is 0.930. The molecule has 104 valence electrons. The first-order valence-electron chi connectivity index (χ1n) is 5.56. The second-order valence-corrected chi connectivity index (χ2v) is 5.84. The van der Waals surface area contributed by atoms with Gasteiger partial charge in [-0.15, -0.1) is 0 Å². The highest BCUT2D eigenvalue weighted by atomic mass is 32.2. The van der Waals surface area contributed by atoms with Gasteiger partial charge in [0.25, 0.3) is 10.0 Å². The molecule has 0 saturated heterocycles. The number of nitrogens with zero attached hydrogens (tertiary/aromatic N) is 3. The number of hydrogen-bond donors (Lipinski definition) is 1. The molecule has 2 aromatic rings. The number of sulfonamides is 1. The van der Waals surface area contributed by atoms with Crippen LogP contribution in [0.5, 0.6) is 0 Å². The molecule has 0 bridgehead atoms. The third-order valence-corrected chi connectivity index (χ3v) is 4.10. The lowest BCUT2D eigenvalue weighted by molar-refractivity contribution is 0.594. The van der Waals surface area contributed by atoms with Crippen LogP contribution < -0.4 is 4.72 Å². The van der Waals surface area contributed by atoms with Crippen LogP contribution in [0.3, 0.4) is 0 Å². The second kappa shape index (κ2) is 4.94. The van der Waals surface area contributed by atoms with Gasteiger partial charge in [-0.1, -0.05) is 6.07 Å². The van der Waals surface area contributed by atoms with E-state index in [1.807, 2.05) is 6.07 Å². The zero-order chi connectivity index (χ0) is 14.9. The van der Waals surface area contributed by atoms with Crippen molar-refractivity contribution in [3.8, 4) is 6.07 Å². The maximum Gasteiger partial charge on any atom is 0.263 e. The monoisotopic (exact) mass is 294 g/mol.